The van der Waals surface area contributed by atoms with E-state index in [1.165, 1.54) is 12.1 Å². The summed E-state index contributed by atoms with van der Waals surface area (Å²) in [5, 5.41) is 2.31. The predicted molar refractivity (Wildman–Crippen MR) is 116 cm³/mol. The van der Waals surface area contributed by atoms with Gasteiger partial charge in [0.1, 0.15) is 11.5 Å². The Kier molecular flexibility index (Phi) is 5.77. The largest absolute Gasteiger partial charge is 0.433 e. The van der Waals surface area contributed by atoms with Crippen molar-refractivity contribution in [3.05, 3.63) is 87.2 Å². The number of fused-ring (bicyclic) bond motifs is 1. The fraction of sp³-hybridized carbons (Fsp3) is 0.0455. The van der Waals surface area contributed by atoms with Gasteiger partial charge in [0.25, 0.3) is 0 Å². The Morgan fingerprint density at radius 1 is 1.09 bits per heavy atom. The summed E-state index contributed by atoms with van der Waals surface area (Å²) in [6.07, 6.45) is -2.33. The number of para-hydroxylation sites is 1. The van der Waals surface area contributed by atoms with Gasteiger partial charge in [-0.3, -0.25) is 4.79 Å². The van der Waals surface area contributed by atoms with Crippen molar-refractivity contribution in [3.63, 3.8) is 0 Å². The Hall–Kier alpha value is -3.92. The fourth-order valence-electron chi connectivity index (χ4n) is 3.14. The summed E-state index contributed by atoms with van der Waals surface area (Å²) in [4.78, 5) is 32.7. The molecule has 6 nitrogen and oxygen atoms in total. The number of rotatable bonds is 4. The van der Waals surface area contributed by atoms with Crippen LogP contribution < -0.4 is 11.0 Å². The van der Waals surface area contributed by atoms with Crippen LogP contribution >= 0.6 is 11.6 Å². The van der Waals surface area contributed by atoms with Gasteiger partial charge in [0, 0.05) is 17.2 Å². The zero-order valence-electron chi connectivity index (χ0n) is 16.4. The van der Waals surface area contributed by atoms with Crippen LogP contribution in [0, 0.1) is 5.82 Å². The Balaban J connectivity index is 1.68. The number of nitrogens with zero attached hydrogens (tertiary/aromatic N) is 1. The van der Waals surface area contributed by atoms with E-state index in [2.05, 4.69) is 20.3 Å². The molecule has 33 heavy (non-hydrogen) atoms. The summed E-state index contributed by atoms with van der Waals surface area (Å²) >= 11 is 5.78. The number of nitrogens with one attached hydrogen (secondary N) is 3. The summed E-state index contributed by atoms with van der Waals surface area (Å²) < 4.78 is 53.1. The number of H-pyrrole nitrogens is 2. The molecule has 0 aliphatic carbocycles. The second-order valence-corrected chi connectivity index (χ2v) is 7.30. The van der Waals surface area contributed by atoms with E-state index in [9.17, 15) is 27.2 Å². The Morgan fingerprint density at radius 2 is 1.88 bits per heavy atom. The number of pyridine rings is 1. The second kappa shape index (κ2) is 8.55. The standard InChI is InChI=1S/C22H13ClF4N4O2/c23-13-10-12(4-7-14(13)24)19-11(5-8-17(30-19)22(25,26)27)6-9-18(32)28-15-2-1-3-16-20(15)31-21(33)29-16/h1-10H,(H,28,32)(H2,29,31,33)/b9-6+. The third kappa shape index (κ3) is 4.80. The Morgan fingerprint density at radius 3 is 2.61 bits per heavy atom. The van der Waals surface area contributed by atoms with E-state index < -0.39 is 29.3 Å². The number of aromatic amines is 2. The topological polar surface area (TPSA) is 90.6 Å². The molecule has 0 aliphatic rings. The molecule has 4 aromatic rings. The van der Waals surface area contributed by atoms with Gasteiger partial charge >= 0.3 is 11.9 Å². The van der Waals surface area contributed by atoms with Crippen LogP contribution in [0.3, 0.4) is 0 Å². The van der Waals surface area contributed by atoms with Gasteiger partial charge in [-0.1, -0.05) is 23.7 Å². The molecule has 0 atom stereocenters. The molecule has 2 aromatic carbocycles. The normalized spacial score (nSPS) is 11.9. The fourth-order valence-corrected chi connectivity index (χ4v) is 3.32. The van der Waals surface area contributed by atoms with E-state index in [0.29, 0.717) is 16.7 Å². The molecule has 11 heteroatoms. The number of benzene rings is 2. The lowest BCUT2D eigenvalue weighted by molar-refractivity contribution is -0.141. The minimum Gasteiger partial charge on any atom is -0.321 e. The van der Waals surface area contributed by atoms with Crippen LogP contribution in [0.25, 0.3) is 28.4 Å². The number of alkyl halides is 3. The van der Waals surface area contributed by atoms with Crippen LogP contribution in [0.4, 0.5) is 23.2 Å². The van der Waals surface area contributed by atoms with Crippen LogP contribution in [-0.4, -0.2) is 20.9 Å². The number of hydrogen-bond donors (Lipinski definition) is 3. The maximum Gasteiger partial charge on any atom is 0.433 e. The van der Waals surface area contributed by atoms with Gasteiger partial charge in [0.15, 0.2) is 0 Å². The maximum atomic E-state index is 13.5. The zero-order valence-corrected chi connectivity index (χ0v) is 17.2. The van der Waals surface area contributed by atoms with Crippen molar-refractivity contribution in [2.45, 2.75) is 6.18 Å². The van der Waals surface area contributed by atoms with Gasteiger partial charge in [0.05, 0.1) is 27.4 Å². The molecule has 2 heterocycles. The number of amides is 1. The van der Waals surface area contributed by atoms with E-state index in [-0.39, 0.29) is 21.8 Å². The third-order valence-corrected chi connectivity index (χ3v) is 4.92. The van der Waals surface area contributed by atoms with E-state index >= 15 is 0 Å². The highest BCUT2D eigenvalue weighted by Gasteiger charge is 2.33. The summed E-state index contributed by atoms with van der Waals surface area (Å²) in [5.74, 6) is -1.34. The van der Waals surface area contributed by atoms with Crippen LogP contribution in [0.2, 0.25) is 5.02 Å². The van der Waals surface area contributed by atoms with E-state index in [1.54, 1.807) is 18.2 Å². The third-order valence-electron chi connectivity index (χ3n) is 4.63. The summed E-state index contributed by atoms with van der Waals surface area (Å²) in [5.41, 5.74) is -0.199. The summed E-state index contributed by atoms with van der Waals surface area (Å²) in [6, 6.07) is 10.2. The van der Waals surface area contributed by atoms with Crippen LogP contribution in [0.5, 0.6) is 0 Å². The highest BCUT2D eigenvalue weighted by atomic mass is 35.5. The lowest BCUT2D eigenvalue weighted by Crippen LogP contribution is -2.10. The van der Waals surface area contributed by atoms with Crippen LogP contribution in [-0.2, 0) is 11.0 Å². The molecule has 0 radical (unpaired) electrons. The molecule has 4 rings (SSSR count). The quantitative estimate of drug-likeness (QED) is 0.273. The minimum absolute atomic E-state index is 0.132. The molecular weight excluding hydrogens is 464 g/mol. The average Bonchev–Trinajstić information content (AvgIpc) is 3.15. The van der Waals surface area contributed by atoms with Gasteiger partial charge in [-0.2, -0.15) is 13.2 Å². The number of carbonyl (C=O) groups is 1. The highest BCUT2D eigenvalue weighted by molar-refractivity contribution is 6.31. The van der Waals surface area contributed by atoms with E-state index in [4.69, 9.17) is 11.6 Å². The number of halogens is 5. The van der Waals surface area contributed by atoms with E-state index in [1.807, 2.05) is 0 Å². The first-order valence-electron chi connectivity index (χ1n) is 9.35. The summed E-state index contributed by atoms with van der Waals surface area (Å²) in [7, 11) is 0. The maximum absolute atomic E-state index is 13.5. The zero-order chi connectivity index (χ0) is 23.8. The number of aromatic nitrogens is 3. The molecule has 0 spiro atoms. The monoisotopic (exact) mass is 476 g/mol. The predicted octanol–water partition coefficient (Wildman–Crippen LogP) is 5.38. The Labute approximate surface area is 187 Å². The lowest BCUT2D eigenvalue weighted by atomic mass is 10.0. The molecule has 0 unspecified atom stereocenters. The van der Waals surface area contributed by atoms with Gasteiger partial charge in [-0.05, 0) is 42.5 Å². The lowest BCUT2D eigenvalue weighted by Gasteiger charge is -2.11. The highest BCUT2D eigenvalue weighted by Crippen LogP contribution is 2.33. The molecule has 3 N–H and O–H groups in total. The minimum atomic E-state index is -4.70. The van der Waals surface area contributed by atoms with E-state index in [0.717, 1.165) is 30.3 Å². The number of carbonyl (C=O) groups excluding carboxylic acids is 1. The van der Waals surface area contributed by atoms with Crippen molar-refractivity contribution in [2.75, 3.05) is 5.32 Å². The van der Waals surface area contributed by atoms with Gasteiger partial charge in [-0.25, -0.2) is 14.2 Å². The smallest absolute Gasteiger partial charge is 0.321 e. The molecule has 0 saturated heterocycles. The van der Waals surface area contributed by atoms with Gasteiger partial charge in [-0.15, -0.1) is 0 Å². The number of anilines is 1. The van der Waals surface area contributed by atoms with Crippen molar-refractivity contribution in [1.82, 2.24) is 15.0 Å². The van der Waals surface area contributed by atoms with Crippen LogP contribution in [0.15, 0.2) is 59.4 Å². The van der Waals surface area contributed by atoms with Crippen molar-refractivity contribution in [1.29, 1.82) is 0 Å². The number of imidazole rings is 1. The van der Waals surface area contributed by atoms with Crippen molar-refractivity contribution >= 4 is 40.3 Å². The average molecular weight is 477 g/mol. The molecule has 0 bridgehead atoms. The number of hydrogen-bond acceptors (Lipinski definition) is 3. The summed E-state index contributed by atoms with van der Waals surface area (Å²) in [6.45, 7) is 0. The van der Waals surface area contributed by atoms with Crippen molar-refractivity contribution < 1.29 is 22.4 Å². The van der Waals surface area contributed by atoms with Crippen LogP contribution in [0.1, 0.15) is 11.3 Å². The SMILES string of the molecule is O=C(/C=C/c1ccc(C(F)(F)F)nc1-c1ccc(F)c(Cl)c1)Nc1cccc2[nH]c(=O)[nH]c12. The molecule has 1 amide bonds. The molecule has 2 aromatic heterocycles. The first-order valence-corrected chi connectivity index (χ1v) is 9.73. The van der Waals surface area contributed by atoms with Crippen molar-refractivity contribution in [2.24, 2.45) is 0 Å². The first kappa shape index (κ1) is 22.3. The molecule has 0 aliphatic heterocycles. The van der Waals surface area contributed by atoms with Crippen molar-refractivity contribution in [3.8, 4) is 11.3 Å². The molecule has 0 saturated carbocycles. The van der Waals surface area contributed by atoms with Gasteiger partial charge in [0.2, 0.25) is 5.91 Å². The second-order valence-electron chi connectivity index (χ2n) is 6.89. The molecule has 0 fully saturated rings. The Bertz CT molecular complexity index is 1460. The first-order chi connectivity index (χ1) is 15.6. The molecular formula is C22H13ClF4N4O2. The molecule has 168 valence electrons. The van der Waals surface area contributed by atoms with Gasteiger partial charge < -0.3 is 15.3 Å².